The van der Waals surface area contributed by atoms with Crippen LogP contribution >= 0.6 is 11.8 Å². The maximum Gasteiger partial charge on any atom is 0.330 e. The summed E-state index contributed by atoms with van der Waals surface area (Å²) in [5.41, 5.74) is 0.573. The van der Waals surface area contributed by atoms with Gasteiger partial charge in [-0.05, 0) is 19.4 Å². The van der Waals surface area contributed by atoms with E-state index in [4.69, 9.17) is 0 Å². The molecule has 5 nitrogen and oxygen atoms in total. The van der Waals surface area contributed by atoms with Gasteiger partial charge in [-0.15, -0.1) is 0 Å². The van der Waals surface area contributed by atoms with Gasteiger partial charge in [-0.2, -0.15) is 11.8 Å². The molecule has 0 saturated carbocycles. The summed E-state index contributed by atoms with van der Waals surface area (Å²) in [6.45, 7) is 5.43. The van der Waals surface area contributed by atoms with Crippen LogP contribution in [0.1, 0.15) is 25.5 Å². The molecule has 2 N–H and O–H groups in total. The number of aliphatic carboxylic acids is 1. The third-order valence-electron chi connectivity index (χ3n) is 3.36. The highest BCUT2D eigenvalue weighted by atomic mass is 32.2. The molecule has 6 heteroatoms. The van der Waals surface area contributed by atoms with Crippen molar-refractivity contribution in [3.8, 4) is 0 Å². The number of carboxylic acid groups (broad SMARTS) is 1. The minimum atomic E-state index is -1.06. The standard InChI is InChI=1S/C15H20N2O3S/c1-15(2)10-17(8-9-21-15)14(20)16-12(13(18)19)11-6-4-3-5-7-11/h3-7,12H,8-10H2,1-2H3,(H,16,20)(H,18,19)/t12-/m1/s1. The zero-order chi connectivity index (χ0) is 15.5. The van der Waals surface area contributed by atoms with Crippen molar-refractivity contribution in [1.29, 1.82) is 0 Å². The largest absolute Gasteiger partial charge is 0.479 e. The summed E-state index contributed by atoms with van der Waals surface area (Å²) in [6.07, 6.45) is 0. The molecule has 2 amide bonds. The monoisotopic (exact) mass is 308 g/mol. The third-order valence-corrected chi connectivity index (χ3v) is 4.66. The fourth-order valence-electron chi connectivity index (χ4n) is 2.34. The van der Waals surface area contributed by atoms with Crippen molar-refractivity contribution < 1.29 is 14.7 Å². The normalized spacial score (nSPS) is 18.9. The van der Waals surface area contributed by atoms with Crippen LogP contribution in [0.2, 0.25) is 0 Å². The van der Waals surface area contributed by atoms with Gasteiger partial charge in [0.25, 0.3) is 0 Å². The van der Waals surface area contributed by atoms with Crippen LogP contribution < -0.4 is 5.32 Å². The number of carbonyl (C=O) groups is 2. The van der Waals surface area contributed by atoms with Gasteiger partial charge < -0.3 is 15.3 Å². The number of benzene rings is 1. The van der Waals surface area contributed by atoms with Gasteiger partial charge in [0.2, 0.25) is 0 Å². The average Bonchev–Trinajstić information content (AvgIpc) is 2.44. The Morgan fingerprint density at radius 1 is 1.33 bits per heavy atom. The van der Waals surface area contributed by atoms with E-state index in [0.717, 1.165) is 5.75 Å². The number of rotatable bonds is 3. The Kier molecular flexibility index (Phi) is 4.77. The van der Waals surface area contributed by atoms with Crippen LogP contribution in [0.25, 0.3) is 0 Å². The first-order valence-electron chi connectivity index (χ1n) is 6.86. The molecule has 1 saturated heterocycles. The SMILES string of the molecule is CC1(C)CN(C(=O)N[C@@H](C(=O)O)c2ccccc2)CCS1. The lowest BCUT2D eigenvalue weighted by molar-refractivity contribution is -0.139. The van der Waals surface area contributed by atoms with E-state index >= 15 is 0 Å². The quantitative estimate of drug-likeness (QED) is 0.899. The minimum Gasteiger partial charge on any atom is -0.479 e. The molecule has 0 radical (unpaired) electrons. The molecular formula is C15H20N2O3S. The Morgan fingerprint density at radius 2 is 2.00 bits per heavy atom. The minimum absolute atomic E-state index is 0.00105. The van der Waals surface area contributed by atoms with Crippen LogP contribution in [0.3, 0.4) is 0 Å². The predicted octanol–water partition coefficient (Wildman–Crippen LogP) is 2.35. The molecule has 2 rings (SSSR count). The van der Waals surface area contributed by atoms with Gasteiger partial charge in [0, 0.05) is 23.6 Å². The van der Waals surface area contributed by atoms with Crippen molar-refractivity contribution in [3.05, 3.63) is 35.9 Å². The Balaban J connectivity index is 2.07. The lowest BCUT2D eigenvalue weighted by Crippen LogP contribution is -2.51. The second-order valence-electron chi connectivity index (χ2n) is 5.66. The van der Waals surface area contributed by atoms with Gasteiger partial charge in [-0.25, -0.2) is 9.59 Å². The van der Waals surface area contributed by atoms with Crippen LogP contribution in [-0.4, -0.2) is 45.6 Å². The zero-order valence-electron chi connectivity index (χ0n) is 12.2. The number of amides is 2. The van der Waals surface area contributed by atoms with Crippen LogP contribution in [0.15, 0.2) is 30.3 Å². The molecule has 0 aliphatic carbocycles. The molecule has 1 aliphatic rings. The molecule has 21 heavy (non-hydrogen) atoms. The summed E-state index contributed by atoms with van der Waals surface area (Å²) >= 11 is 1.83. The molecule has 0 unspecified atom stereocenters. The fraction of sp³-hybridized carbons (Fsp3) is 0.467. The molecule has 0 aromatic heterocycles. The predicted molar refractivity (Wildman–Crippen MR) is 83.5 cm³/mol. The van der Waals surface area contributed by atoms with Crippen LogP contribution in [-0.2, 0) is 4.79 Å². The summed E-state index contributed by atoms with van der Waals surface area (Å²) in [7, 11) is 0. The lowest BCUT2D eigenvalue weighted by atomic mass is 10.1. The van der Waals surface area contributed by atoms with E-state index in [1.165, 1.54) is 0 Å². The van der Waals surface area contributed by atoms with Crippen LogP contribution in [0, 0.1) is 0 Å². The van der Waals surface area contributed by atoms with Gasteiger partial charge >= 0.3 is 12.0 Å². The summed E-state index contributed by atoms with van der Waals surface area (Å²) in [6, 6.07) is 7.41. The number of urea groups is 1. The second kappa shape index (κ2) is 6.39. The smallest absolute Gasteiger partial charge is 0.330 e. The number of carbonyl (C=O) groups excluding carboxylic acids is 1. The maximum absolute atomic E-state index is 12.3. The zero-order valence-corrected chi connectivity index (χ0v) is 13.0. The Hall–Kier alpha value is -1.69. The van der Waals surface area contributed by atoms with E-state index in [9.17, 15) is 14.7 Å². The number of thioether (sulfide) groups is 1. The number of hydrogen-bond donors (Lipinski definition) is 2. The fourth-order valence-corrected chi connectivity index (χ4v) is 3.45. The summed E-state index contributed by atoms with van der Waals surface area (Å²) < 4.78 is 0.00105. The molecule has 114 valence electrons. The molecule has 1 heterocycles. The van der Waals surface area contributed by atoms with Crippen molar-refractivity contribution in [2.24, 2.45) is 0 Å². The first-order valence-corrected chi connectivity index (χ1v) is 7.85. The van der Waals surface area contributed by atoms with Gasteiger partial charge in [-0.1, -0.05) is 30.3 Å². The van der Waals surface area contributed by atoms with Crippen LogP contribution in [0.4, 0.5) is 4.79 Å². The van der Waals surface area contributed by atoms with E-state index in [2.05, 4.69) is 19.2 Å². The second-order valence-corrected chi connectivity index (χ2v) is 7.46. The lowest BCUT2D eigenvalue weighted by Gasteiger charge is -2.37. The highest BCUT2D eigenvalue weighted by Gasteiger charge is 2.31. The molecule has 0 spiro atoms. The van der Waals surface area contributed by atoms with Crippen molar-refractivity contribution in [1.82, 2.24) is 10.2 Å². The van der Waals surface area contributed by atoms with E-state index < -0.39 is 12.0 Å². The third kappa shape index (κ3) is 4.14. The van der Waals surface area contributed by atoms with Crippen molar-refractivity contribution in [3.63, 3.8) is 0 Å². The maximum atomic E-state index is 12.3. The molecular weight excluding hydrogens is 288 g/mol. The first-order chi connectivity index (χ1) is 9.89. The van der Waals surface area contributed by atoms with Gasteiger partial charge in [0.15, 0.2) is 6.04 Å². The number of nitrogens with one attached hydrogen (secondary N) is 1. The summed E-state index contributed by atoms with van der Waals surface area (Å²) in [5, 5.41) is 12.0. The van der Waals surface area contributed by atoms with Crippen LogP contribution in [0.5, 0.6) is 0 Å². The van der Waals surface area contributed by atoms with E-state index in [1.807, 2.05) is 17.8 Å². The summed E-state index contributed by atoms with van der Waals surface area (Å²) in [4.78, 5) is 25.4. The number of hydrogen-bond acceptors (Lipinski definition) is 3. The number of nitrogens with zero attached hydrogens (tertiary/aromatic N) is 1. The highest BCUT2D eigenvalue weighted by Crippen LogP contribution is 2.29. The number of carboxylic acids is 1. The first kappa shape index (κ1) is 15.7. The van der Waals surface area contributed by atoms with Gasteiger partial charge in [0.05, 0.1) is 0 Å². The molecule has 1 aromatic rings. The van der Waals surface area contributed by atoms with E-state index in [-0.39, 0.29) is 10.8 Å². The van der Waals surface area contributed by atoms with Gasteiger partial charge in [0.1, 0.15) is 0 Å². The van der Waals surface area contributed by atoms with Gasteiger partial charge in [-0.3, -0.25) is 0 Å². The molecule has 1 aromatic carbocycles. The molecule has 1 aliphatic heterocycles. The molecule has 1 atom stereocenters. The summed E-state index contributed by atoms with van der Waals surface area (Å²) in [5.74, 6) is -0.191. The molecule has 1 fully saturated rings. The van der Waals surface area contributed by atoms with E-state index in [0.29, 0.717) is 18.7 Å². The van der Waals surface area contributed by atoms with Crippen molar-refractivity contribution in [2.45, 2.75) is 24.6 Å². The van der Waals surface area contributed by atoms with E-state index in [1.54, 1.807) is 29.2 Å². The Bertz CT molecular complexity index is 519. The topological polar surface area (TPSA) is 69.6 Å². The van der Waals surface area contributed by atoms with Crippen molar-refractivity contribution >= 4 is 23.8 Å². The highest BCUT2D eigenvalue weighted by molar-refractivity contribution is 8.00. The Morgan fingerprint density at radius 3 is 2.57 bits per heavy atom. The molecule has 0 bridgehead atoms. The average molecular weight is 308 g/mol. The Labute approximate surface area is 128 Å². The van der Waals surface area contributed by atoms with Crippen molar-refractivity contribution in [2.75, 3.05) is 18.8 Å².